The zero-order chi connectivity index (χ0) is 10.1. The van der Waals surface area contributed by atoms with Crippen LogP contribution in [-0.4, -0.2) is 10.2 Å². The molecule has 1 aromatic carbocycles. The van der Waals surface area contributed by atoms with Gasteiger partial charge >= 0.3 is 0 Å². The molecule has 0 heterocycles. The molecule has 0 spiro atoms. The smallest absolute Gasteiger partial charge is 0.0388 e. The van der Waals surface area contributed by atoms with Gasteiger partial charge in [-0.25, -0.2) is 0 Å². The molecule has 0 amide bonds. The van der Waals surface area contributed by atoms with Crippen LogP contribution in [0, 0.1) is 0 Å². The zero-order valence-electron chi connectivity index (χ0n) is 9.44. The van der Waals surface area contributed by atoms with E-state index in [2.05, 4.69) is 45.9 Å². The molecule has 0 unspecified atom stereocenters. The van der Waals surface area contributed by atoms with Gasteiger partial charge in [-0.3, -0.25) is 0 Å². The maximum Gasteiger partial charge on any atom is 0.0388 e. The van der Waals surface area contributed by atoms with Gasteiger partial charge in [0.25, 0.3) is 0 Å². The van der Waals surface area contributed by atoms with Gasteiger partial charge in [0.2, 0.25) is 0 Å². The summed E-state index contributed by atoms with van der Waals surface area (Å²) in [6, 6.07) is 6.73. The van der Waals surface area contributed by atoms with Gasteiger partial charge in [-0.1, -0.05) is 51.1 Å². The van der Waals surface area contributed by atoms with E-state index in [1.165, 1.54) is 5.56 Å². The molecule has 0 aliphatic heterocycles. The van der Waals surface area contributed by atoms with E-state index in [0.717, 1.165) is 16.7 Å². The van der Waals surface area contributed by atoms with Crippen LogP contribution >= 0.6 is 0 Å². The van der Waals surface area contributed by atoms with E-state index < -0.39 is 0 Å². The molecule has 0 saturated carbocycles. The van der Waals surface area contributed by atoms with Gasteiger partial charge in [-0.2, -0.15) is 0 Å². The van der Waals surface area contributed by atoms with Gasteiger partial charge in [0.05, 0.1) is 0 Å². The third-order valence-corrected chi connectivity index (χ3v) is 3.32. The lowest BCUT2D eigenvalue weighted by Crippen LogP contribution is -2.25. The Morgan fingerprint density at radius 2 is 1.85 bits per heavy atom. The topological polar surface area (TPSA) is 0 Å². The third-order valence-electron chi connectivity index (χ3n) is 2.49. The summed E-state index contributed by atoms with van der Waals surface area (Å²) in [5, 5.41) is 1.56. The van der Waals surface area contributed by atoms with Crippen molar-refractivity contribution in [2.45, 2.75) is 39.5 Å². The van der Waals surface area contributed by atoms with E-state index in [-0.39, 0.29) is 0 Å². The molecule has 0 saturated heterocycles. The fourth-order valence-corrected chi connectivity index (χ4v) is 3.36. The Morgan fingerprint density at radius 3 is 2.23 bits per heavy atom. The Balaban J connectivity index is 3.32. The van der Waals surface area contributed by atoms with E-state index in [9.17, 15) is 0 Å². The maximum atomic E-state index is 2.31. The van der Waals surface area contributed by atoms with Crippen LogP contribution in [0.2, 0.25) is 0 Å². The lowest BCUT2D eigenvalue weighted by Gasteiger charge is -2.25. The van der Waals surface area contributed by atoms with E-state index in [4.69, 9.17) is 0 Å². The molecule has 72 valence electrons. The first-order valence-corrected chi connectivity index (χ1v) is 6.05. The van der Waals surface area contributed by atoms with Crippen molar-refractivity contribution >= 4 is 15.4 Å². The number of hydrogen-bond acceptors (Lipinski definition) is 0. The second kappa shape index (κ2) is 3.67. The van der Waals surface area contributed by atoms with Crippen molar-refractivity contribution in [3.05, 3.63) is 29.3 Å². The monoisotopic (exact) mass is 192 g/mol. The van der Waals surface area contributed by atoms with Gasteiger partial charge in [0.15, 0.2) is 0 Å². The van der Waals surface area contributed by atoms with Crippen molar-refractivity contribution in [2.24, 2.45) is 0 Å². The van der Waals surface area contributed by atoms with Crippen molar-refractivity contribution in [2.75, 3.05) is 0 Å². The Bertz CT molecular complexity index is 294. The number of hydrogen-bond donors (Lipinski definition) is 0. The summed E-state index contributed by atoms with van der Waals surface area (Å²) in [6.45, 7) is 9.17. The Labute approximate surface area is 84.8 Å². The van der Waals surface area contributed by atoms with Gasteiger partial charge in [0.1, 0.15) is 0 Å². The lowest BCUT2D eigenvalue weighted by molar-refractivity contribution is 0.587. The largest absolute Gasteiger partial charge is 0.0668 e. The van der Waals surface area contributed by atoms with Crippen LogP contribution in [0.5, 0.6) is 0 Å². The standard InChI is InChI=1S/C12H20Si/c1-5-9-7-6-8-10(13)11(9)12(2,3)4/h6-8H,5H2,1-4,13H3. The first kappa shape index (κ1) is 10.5. The summed E-state index contributed by atoms with van der Waals surface area (Å²) in [5.41, 5.74) is 3.42. The van der Waals surface area contributed by atoms with Crippen molar-refractivity contribution < 1.29 is 0 Å². The Morgan fingerprint density at radius 1 is 1.23 bits per heavy atom. The van der Waals surface area contributed by atoms with Crippen LogP contribution in [0.1, 0.15) is 38.8 Å². The fourth-order valence-electron chi connectivity index (χ4n) is 2.10. The Hall–Kier alpha value is -0.563. The summed E-state index contributed by atoms with van der Waals surface area (Å²) in [5.74, 6) is 0. The molecule has 0 fully saturated rings. The molecular formula is C12H20Si. The predicted octanol–water partition coefficient (Wildman–Crippen LogP) is 1.54. The molecule has 0 bridgehead atoms. The van der Waals surface area contributed by atoms with Crippen molar-refractivity contribution in [1.29, 1.82) is 0 Å². The zero-order valence-corrected chi connectivity index (χ0v) is 11.4. The van der Waals surface area contributed by atoms with Crippen molar-refractivity contribution in [3.8, 4) is 0 Å². The highest BCUT2D eigenvalue weighted by Gasteiger charge is 2.18. The van der Waals surface area contributed by atoms with Crippen molar-refractivity contribution in [3.63, 3.8) is 0 Å². The minimum absolute atomic E-state index is 0.309. The minimum Gasteiger partial charge on any atom is -0.0668 e. The second-order valence-corrected chi connectivity index (χ2v) is 5.79. The summed E-state index contributed by atoms with van der Waals surface area (Å²) in [4.78, 5) is 0. The Kier molecular flexibility index (Phi) is 2.97. The minimum atomic E-state index is 0.309. The third kappa shape index (κ3) is 2.22. The summed E-state index contributed by atoms with van der Waals surface area (Å²) in [6.07, 6.45) is 1.16. The molecule has 1 heteroatoms. The fraction of sp³-hybridized carbons (Fsp3) is 0.500. The average Bonchev–Trinajstić information content (AvgIpc) is 2.01. The predicted molar refractivity (Wildman–Crippen MR) is 64.1 cm³/mol. The SMILES string of the molecule is CCc1cccc([SiH3])c1C(C)(C)C. The molecule has 1 aromatic rings. The molecule has 13 heavy (non-hydrogen) atoms. The number of aryl methyl sites for hydroxylation is 1. The second-order valence-electron chi connectivity index (χ2n) is 4.71. The molecule has 0 radical (unpaired) electrons. The van der Waals surface area contributed by atoms with Crippen LogP contribution in [0.25, 0.3) is 0 Å². The van der Waals surface area contributed by atoms with Gasteiger partial charge in [-0.05, 0) is 23.0 Å². The van der Waals surface area contributed by atoms with Gasteiger partial charge in [0, 0.05) is 10.2 Å². The lowest BCUT2D eigenvalue weighted by atomic mass is 9.83. The normalized spacial score (nSPS) is 12.0. The quantitative estimate of drug-likeness (QED) is 0.592. The number of benzene rings is 1. The molecular weight excluding hydrogens is 172 g/mol. The van der Waals surface area contributed by atoms with Crippen LogP contribution < -0.4 is 5.19 Å². The molecule has 0 atom stereocenters. The average molecular weight is 192 g/mol. The van der Waals surface area contributed by atoms with Gasteiger partial charge < -0.3 is 0 Å². The molecule has 0 N–H and O–H groups in total. The summed E-state index contributed by atoms with van der Waals surface area (Å²) < 4.78 is 0. The van der Waals surface area contributed by atoms with Crippen LogP contribution in [-0.2, 0) is 11.8 Å². The molecule has 1 rings (SSSR count). The number of rotatable bonds is 1. The van der Waals surface area contributed by atoms with Crippen LogP contribution in [0.3, 0.4) is 0 Å². The van der Waals surface area contributed by atoms with Crippen LogP contribution in [0.15, 0.2) is 18.2 Å². The molecule has 0 aliphatic carbocycles. The molecule has 0 aliphatic rings. The highest BCUT2D eigenvalue weighted by molar-refractivity contribution is 6.33. The summed E-state index contributed by atoms with van der Waals surface area (Å²) >= 11 is 0. The first-order chi connectivity index (χ1) is 5.96. The summed E-state index contributed by atoms with van der Waals surface area (Å²) in [7, 11) is 1.16. The molecule has 0 nitrogen and oxygen atoms in total. The van der Waals surface area contributed by atoms with Gasteiger partial charge in [-0.15, -0.1) is 0 Å². The molecule has 0 aromatic heterocycles. The van der Waals surface area contributed by atoms with E-state index >= 15 is 0 Å². The first-order valence-electron chi connectivity index (χ1n) is 5.05. The van der Waals surface area contributed by atoms with Crippen molar-refractivity contribution in [1.82, 2.24) is 0 Å². The van der Waals surface area contributed by atoms with E-state index in [1.54, 1.807) is 10.8 Å². The maximum absolute atomic E-state index is 2.31. The highest BCUT2D eigenvalue weighted by atomic mass is 28.1. The highest BCUT2D eigenvalue weighted by Crippen LogP contribution is 2.23. The van der Waals surface area contributed by atoms with E-state index in [1.807, 2.05) is 0 Å². The van der Waals surface area contributed by atoms with E-state index in [0.29, 0.717) is 5.41 Å². The van der Waals surface area contributed by atoms with Crippen LogP contribution in [0.4, 0.5) is 0 Å².